The molecule has 0 N–H and O–H groups in total. The molecule has 0 radical (unpaired) electrons. The van der Waals surface area contributed by atoms with Gasteiger partial charge in [-0.15, -0.1) is 0 Å². The Hall–Kier alpha value is -2.41. The average molecular weight is 289 g/mol. The van der Waals surface area contributed by atoms with Gasteiger partial charge in [-0.3, -0.25) is 4.98 Å². The van der Waals surface area contributed by atoms with Crippen LogP contribution >= 0.6 is 0 Å². The standard InChI is InChI=1S/C14H14.C7H9N/c1-11-3-7-13(8-4-11)14-9-5-12(2)6-10-14;1-6-4-3-5-7(2)8-6/h3-10H,1-2H3;3-5H,1-2H3. The van der Waals surface area contributed by atoms with Gasteiger partial charge in [0.1, 0.15) is 0 Å². The van der Waals surface area contributed by atoms with Gasteiger partial charge >= 0.3 is 0 Å². The maximum Gasteiger partial charge on any atom is 0.0375 e. The number of aryl methyl sites for hydroxylation is 4. The minimum Gasteiger partial charge on any atom is -0.258 e. The largest absolute Gasteiger partial charge is 0.258 e. The highest BCUT2D eigenvalue weighted by Crippen LogP contribution is 2.19. The molecular weight excluding hydrogens is 266 g/mol. The summed E-state index contributed by atoms with van der Waals surface area (Å²) in [4.78, 5) is 4.17. The first-order valence-electron chi connectivity index (χ1n) is 7.58. The van der Waals surface area contributed by atoms with Crippen molar-refractivity contribution in [1.82, 2.24) is 4.98 Å². The third-order valence-electron chi connectivity index (χ3n) is 3.46. The van der Waals surface area contributed by atoms with Crippen molar-refractivity contribution in [1.29, 1.82) is 0 Å². The van der Waals surface area contributed by atoms with Crippen LogP contribution in [0.3, 0.4) is 0 Å². The Bertz CT molecular complexity index is 649. The van der Waals surface area contributed by atoms with Crippen LogP contribution in [0.1, 0.15) is 22.5 Å². The van der Waals surface area contributed by atoms with Gasteiger partial charge in [-0.2, -0.15) is 0 Å². The first kappa shape index (κ1) is 16.0. The number of benzene rings is 2. The van der Waals surface area contributed by atoms with Crippen LogP contribution in [-0.2, 0) is 0 Å². The number of rotatable bonds is 1. The number of hydrogen-bond acceptors (Lipinski definition) is 1. The molecule has 0 spiro atoms. The molecule has 0 saturated heterocycles. The lowest BCUT2D eigenvalue weighted by Crippen LogP contribution is -1.81. The molecule has 22 heavy (non-hydrogen) atoms. The van der Waals surface area contributed by atoms with E-state index in [0.29, 0.717) is 0 Å². The first-order chi connectivity index (χ1) is 10.5. The molecule has 112 valence electrons. The molecule has 0 amide bonds. The molecule has 1 heteroatoms. The van der Waals surface area contributed by atoms with Crippen LogP contribution in [0.4, 0.5) is 0 Å². The highest BCUT2D eigenvalue weighted by Gasteiger charge is 1.95. The Morgan fingerprint density at radius 3 is 1.14 bits per heavy atom. The van der Waals surface area contributed by atoms with E-state index < -0.39 is 0 Å². The molecule has 2 aromatic carbocycles. The fourth-order valence-electron chi connectivity index (χ4n) is 2.17. The molecule has 1 nitrogen and oxygen atoms in total. The van der Waals surface area contributed by atoms with Gasteiger partial charge in [-0.1, -0.05) is 65.7 Å². The maximum absolute atomic E-state index is 4.17. The number of nitrogens with zero attached hydrogens (tertiary/aromatic N) is 1. The normalized spacial score (nSPS) is 9.82. The summed E-state index contributed by atoms with van der Waals surface area (Å²) in [5.41, 5.74) is 7.36. The van der Waals surface area contributed by atoms with E-state index in [2.05, 4.69) is 67.4 Å². The van der Waals surface area contributed by atoms with E-state index in [1.165, 1.54) is 22.3 Å². The molecule has 0 aliphatic rings. The molecule has 0 saturated carbocycles. The van der Waals surface area contributed by atoms with Crippen LogP contribution in [-0.4, -0.2) is 4.98 Å². The summed E-state index contributed by atoms with van der Waals surface area (Å²) in [5, 5.41) is 0. The van der Waals surface area contributed by atoms with Gasteiger partial charge in [0.15, 0.2) is 0 Å². The smallest absolute Gasteiger partial charge is 0.0375 e. The number of hydrogen-bond donors (Lipinski definition) is 0. The Balaban J connectivity index is 0.000000188. The Kier molecular flexibility index (Phi) is 5.48. The maximum atomic E-state index is 4.17. The molecule has 0 bridgehead atoms. The zero-order valence-electron chi connectivity index (χ0n) is 13.8. The molecule has 0 atom stereocenters. The van der Waals surface area contributed by atoms with E-state index in [9.17, 15) is 0 Å². The zero-order chi connectivity index (χ0) is 15.9. The second kappa shape index (κ2) is 7.56. The minimum atomic E-state index is 1.09. The van der Waals surface area contributed by atoms with E-state index in [4.69, 9.17) is 0 Å². The van der Waals surface area contributed by atoms with Gasteiger partial charge in [0.2, 0.25) is 0 Å². The van der Waals surface area contributed by atoms with Gasteiger partial charge in [-0.05, 0) is 51.0 Å². The van der Waals surface area contributed by atoms with Crippen molar-refractivity contribution >= 4 is 0 Å². The minimum absolute atomic E-state index is 1.09. The summed E-state index contributed by atoms with van der Waals surface area (Å²) < 4.78 is 0. The lowest BCUT2D eigenvalue weighted by molar-refractivity contribution is 1.12. The lowest BCUT2D eigenvalue weighted by Gasteiger charge is -2.02. The van der Waals surface area contributed by atoms with Crippen molar-refractivity contribution in [3.8, 4) is 11.1 Å². The second-order valence-electron chi connectivity index (χ2n) is 5.65. The van der Waals surface area contributed by atoms with Crippen LogP contribution < -0.4 is 0 Å². The molecule has 3 aromatic rings. The third kappa shape index (κ3) is 4.85. The molecule has 1 heterocycles. The molecule has 0 unspecified atom stereocenters. The third-order valence-corrected chi connectivity index (χ3v) is 3.46. The SMILES string of the molecule is Cc1ccc(-c2ccc(C)cc2)cc1.Cc1cccc(C)n1. The van der Waals surface area contributed by atoms with Crippen molar-refractivity contribution in [3.63, 3.8) is 0 Å². The lowest BCUT2D eigenvalue weighted by atomic mass is 10.0. The molecule has 0 aliphatic heterocycles. The van der Waals surface area contributed by atoms with E-state index >= 15 is 0 Å². The van der Waals surface area contributed by atoms with Crippen molar-refractivity contribution in [2.75, 3.05) is 0 Å². The summed E-state index contributed by atoms with van der Waals surface area (Å²) in [6, 6.07) is 23.3. The van der Waals surface area contributed by atoms with Crippen molar-refractivity contribution in [3.05, 3.63) is 89.2 Å². The zero-order valence-corrected chi connectivity index (χ0v) is 13.8. The van der Waals surface area contributed by atoms with Gasteiger partial charge in [0.25, 0.3) is 0 Å². The van der Waals surface area contributed by atoms with Crippen molar-refractivity contribution in [2.24, 2.45) is 0 Å². The van der Waals surface area contributed by atoms with Crippen LogP contribution in [0.5, 0.6) is 0 Å². The predicted octanol–water partition coefficient (Wildman–Crippen LogP) is 5.67. The van der Waals surface area contributed by atoms with Crippen LogP contribution in [0.25, 0.3) is 11.1 Å². The van der Waals surface area contributed by atoms with E-state index in [1.807, 2.05) is 32.0 Å². The Morgan fingerprint density at radius 1 is 0.500 bits per heavy atom. The van der Waals surface area contributed by atoms with Gasteiger partial charge in [-0.25, -0.2) is 0 Å². The highest BCUT2D eigenvalue weighted by molar-refractivity contribution is 5.63. The van der Waals surface area contributed by atoms with Gasteiger partial charge in [0, 0.05) is 11.4 Å². The predicted molar refractivity (Wildman–Crippen MR) is 95.1 cm³/mol. The van der Waals surface area contributed by atoms with Gasteiger partial charge < -0.3 is 0 Å². The molecule has 0 fully saturated rings. The molecule has 1 aromatic heterocycles. The highest BCUT2D eigenvalue weighted by atomic mass is 14.7. The summed E-state index contributed by atoms with van der Waals surface area (Å²) >= 11 is 0. The summed E-state index contributed by atoms with van der Waals surface area (Å²) in [6.07, 6.45) is 0. The van der Waals surface area contributed by atoms with Crippen LogP contribution in [0, 0.1) is 27.7 Å². The quantitative estimate of drug-likeness (QED) is 0.562. The van der Waals surface area contributed by atoms with E-state index in [0.717, 1.165) is 11.4 Å². The molecule has 3 rings (SSSR count). The monoisotopic (exact) mass is 289 g/mol. The summed E-state index contributed by atoms with van der Waals surface area (Å²) in [6.45, 7) is 8.21. The summed E-state index contributed by atoms with van der Waals surface area (Å²) in [5.74, 6) is 0. The van der Waals surface area contributed by atoms with Crippen molar-refractivity contribution in [2.45, 2.75) is 27.7 Å². The van der Waals surface area contributed by atoms with Gasteiger partial charge in [0.05, 0.1) is 0 Å². The Morgan fingerprint density at radius 2 is 0.864 bits per heavy atom. The topological polar surface area (TPSA) is 12.9 Å². The van der Waals surface area contributed by atoms with E-state index in [1.54, 1.807) is 0 Å². The van der Waals surface area contributed by atoms with Crippen LogP contribution in [0.15, 0.2) is 66.7 Å². The summed E-state index contributed by atoms with van der Waals surface area (Å²) in [7, 11) is 0. The fourth-order valence-corrected chi connectivity index (χ4v) is 2.17. The fraction of sp³-hybridized carbons (Fsp3) is 0.190. The Labute approximate surface area is 133 Å². The van der Waals surface area contributed by atoms with E-state index in [-0.39, 0.29) is 0 Å². The first-order valence-corrected chi connectivity index (χ1v) is 7.58. The molecular formula is C21H23N. The molecule has 0 aliphatic carbocycles. The number of pyridine rings is 1. The average Bonchev–Trinajstić information content (AvgIpc) is 2.49. The van der Waals surface area contributed by atoms with Crippen molar-refractivity contribution < 1.29 is 0 Å². The second-order valence-corrected chi connectivity index (χ2v) is 5.65. The van der Waals surface area contributed by atoms with Crippen LogP contribution in [0.2, 0.25) is 0 Å². The number of aromatic nitrogens is 1.